The second-order valence-electron chi connectivity index (χ2n) is 13.0. The number of unbranched alkanes of at least 4 members (excludes halogenated alkanes) is 1. The van der Waals surface area contributed by atoms with E-state index in [-0.39, 0.29) is 7.25 Å². The van der Waals surface area contributed by atoms with Gasteiger partial charge in [0.15, 0.2) is 0 Å². The van der Waals surface area contributed by atoms with Crippen LogP contribution in [0.25, 0.3) is 34.4 Å². The van der Waals surface area contributed by atoms with Crippen LogP contribution in [0.5, 0.6) is 0 Å². The number of benzene rings is 4. The van der Waals surface area contributed by atoms with Gasteiger partial charge in [0.1, 0.15) is 0 Å². The van der Waals surface area contributed by atoms with Crippen molar-refractivity contribution in [3.05, 3.63) is 130 Å². The SMILES string of the molecule is CC1=Cc2c(-c3ccccc3)cccc2[CH]1[Zr]([Cl])([Cl])([CH]1C(C)=Cc2c(-c3ccccc3)cccc21)[SiH](C)CCCC[Si](Cl)(Cl)Cl. The first-order chi connectivity index (χ1) is 21.4. The van der Waals surface area contributed by atoms with E-state index in [1.807, 2.05) is 0 Å². The summed E-state index contributed by atoms with van der Waals surface area (Å²) in [5, 5.41) is 0. The predicted molar refractivity (Wildman–Crippen MR) is 203 cm³/mol. The summed E-state index contributed by atoms with van der Waals surface area (Å²) in [4.78, 5) is 0. The van der Waals surface area contributed by atoms with Crippen molar-refractivity contribution in [3.8, 4) is 22.3 Å². The predicted octanol–water partition coefficient (Wildman–Crippen LogP) is 13.4. The molecule has 45 heavy (non-hydrogen) atoms. The zero-order valence-corrected chi connectivity index (χ0v) is 34.2. The Labute approximate surface area is 292 Å². The third-order valence-corrected chi connectivity index (χ3v) is 63.4. The van der Waals surface area contributed by atoms with E-state index in [9.17, 15) is 0 Å². The summed E-state index contributed by atoms with van der Waals surface area (Å²) in [6.45, 7) is 6.99. The average molecular weight is 807 g/mol. The van der Waals surface area contributed by atoms with Gasteiger partial charge in [0, 0.05) is 0 Å². The first kappa shape index (κ1) is 34.0. The molecule has 6 rings (SSSR count). The molecule has 3 atom stereocenters. The molecule has 4 aromatic rings. The van der Waals surface area contributed by atoms with E-state index in [0.717, 1.165) is 18.9 Å². The van der Waals surface area contributed by atoms with Gasteiger partial charge in [-0.2, -0.15) is 0 Å². The Bertz CT molecular complexity index is 1670. The number of fused-ring (bicyclic) bond motifs is 2. The molecule has 0 heterocycles. The first-order valence-electron chi connectivity index (χ1n) is 15.8. The van der Waals surface area contributed by atoms with Crippen molar-refractivity contribution in [1.82, 2.24) is 0 Å². The molecule has 0 saturated heterocycles. The van der Waals surface area contributed by atoms with Gasteiger partial charge in [-0.25, -0.2) is 0 Å². The Hall–Kier alpha value is -0.873. The monoisotopic (exact) mass is 803 g/mol. The van der Waals surface area contributed by atoms with Crippen LogP contribution in [0.15, 0.2) is 108 Å². The van der Waals surface area contributed by atoms with E-state index >= 15 is 0 Å². The van der Waals surface area contributed by atoms with Crippen molar-refractivity contribution in [2.75, 3.05) is 0 Å². The fourth-order valence-corrected chi connectivity index (χ4v) is 52.1. The summed E-state index contributed by atoms with van der Waals surface area (Å²) in [5.74, 6) is -1.77. The minimum absolute atomic E-state index is 0.0392. The summed E-state index contributed by atoms with van der Waals surface area (Å²) < 4.78 is 0.0784. The summed E-state index contributed by atoms with van der Waals surface area (Å²) in [6, 6.07) is 33.8. The van der Waals surface area contributed by atoms with Gasteiger partial charge >= 0.3 is 295 Å². The van der Waals surface area contributed by atoms with E-state index in [1.165, 1.54) is 55.7 Å². The molecule has 2 aliphatic rings. The van der Waals surface area contributed by atoms with Crippen molar-refractivity contribution < 1.29 is 15.6 Å². The van der Waals surface area contributed by atoms with Gasteiger partial charge in [0.05, 0.1) is 0 Å². The second-order valence-corrected chi connectivity index (χ2v) is 63.6. The Balaban J connectivity index is 1.51. The maximum absolute atomic E-state index is 8.65. The summed E-state index contributed by atoms with van der Waals surface area (Å²) in [7, 11) is 17.3. The van der Waals surface area contributed by atoms with Gasteiger partial charge in [0.2, 0.25) is 0 Å². The van der Waals surface area contributed by atoms with Crippen LogP contribution in [0.3, 0.4) is 0 Å². The molecule has 0 saturated carbocycles. The van der Waals surface area contributed by atoms with Crippen molar-refractivity contribution >= 4 is 74.3 Å². The fourth-order valence-electron chi connectivity index (χ4n) is 8.09. The number of hydrogen-bond donors (Lipinski definition) is 0. The fraction of sp³-hybridized carbons (Fsp3) is 0.243. The van der Waals surface area contributed by atoms with E-state index < -0.39 is 27.5 Å². The zero-order valence-electron chi connectivity index (χ0n) is 25.8. The summed E-state index contributed by atoms with van der Waals surface area (Å²) in [5.41, 5.74) is 12.7. The third kappa shape index (κ3) is 6.36. The molecule has 4 aromatic carbocycles. The van der Waals surface area contributed by atoms with Gasteiger partial charge in [-0.3, -0.25) is 0 Å². The Kier molecular flexibility index (Phi) is 9.98. The number of halogens is 5. The minimum atomic E-state index is -4.91. The molecule has 0 radical (unpaired) electrons. The van der Waals surface area contributed by atoms with Crippen LogP contribution in [-0.4, -0.2) is 11.9 Å². The molecule has 0 nitrogen and oxygen atoms in total. The van der Waals surface area contributed by atoms with Crippen molar-refractivity contribution in [2.45, 2.75) is 52.6 Å². The molecule has 0 N–H and O–H groups in total. The van der Waals surface area contributed by atoms with Crippen molar-refractivity contribution in [1.29, 1.82) is 0 Å². The standard InChI is InChI=1S/2C16H13.C5H12Cl3Si2.2ClH.Zr/c2*1-12-10-14-8-5-9-15(16(14)11-12)13-6-3-2-4-7-13;1-9-4-2-3-5-10(6,7)8;;;/h2*2-11H,1H3;9H,2-5H2,1H3;2*1H;/q;;;;;+2/p-2. The third-order valence-electron chi connectivity index (χ3n) is 10.1. The van der Waals surface area contributed by atoms with Gasteiger partial charge < -0.3 is 0 Å². The van der Waals surface area contributed by atoms with Crippen molar-refractivity contribution in [3.63, 3.8) is 0 Å². The first-order valence-corrected chi connectivity index (χ1v) is 37.0. The van der Waals surface area contributed by atoms with E-state index in [4.69, 9.17) is 50.3 Å². The molecule has 3 unspecified atom stereocenters. The molecular weight excluding hydrogens is 769 g/mol. The molecule has 2 aliphatic carbocycles. The van der Waals surface area contributed by atoms with Crippen LogP contribution in [0.4, 0.5) is 0 Å². The van der Waals surface area contributed by atoms with Crippen molar-refractivity contribution in [2.24, 2.45) is 0 Å². The molecule has 0 fully saturated rings. The Morgan fingerprint density at radius 1 is 0.622 bits per heavy atom. The van der Waals surface area contributed by atoms with Crippen LogP contribution in [0.2, 0.25) is 18.6 Å². The molecule has 0 aromatic heterocycles. The molecule has 0 aliphatic heterocycles. The average Bonchev–Trinajstić information content (AvgIpc) is 3.56. The topological polar surface area (TPSA) is 0 Å². The molecule has 0 amide bonds. The Morgan fingerprint density at radius 3 is 1.49 bits per heavy atom. The molecule has 8 heteroatoms. The molecule has 0 bridgehead atoms. The van der Waals surface area contributed by atoms with Gasteiger partial charge in [-0.1, -0.05) is 0 Å². The van der Waals surface area contributed by atoms with Crippen LogP contribution < -0.4 is 0 Å². The second kappa shape index (κ2) is 13.2. The molecular formula is C37H38Cl5Si2Zr. The van der Waals surface area contributed by atoms with E-state index in [0.29, 0.717) is 6.04 Å². The van der Waals surface area contributed by atoms with Gasteiger partial charge in [-0.05, 0) is 0 Å². The normalized spacial score (nSPS) is 19.2. The molecule has 233 valence electrons. The maximum atomic E-state index is 8.65. The number of hydrogen-bond acceptors (Lipinski definition) is 0. The Morgan fingerprint density at radius 2 is 1.07 bits per heavy atom. The van der Waals surface area contributed by atoms with Crippen LogP contribution >= 0.6 is 50.3 Å². The quantitative estimate of drug-likeness (QED) is 0.0851. The van der Waals surface area contributed by atoms with E-state index in [2.05, 4.69) is 130 Å². The van der Waals surface area contributed by atoms with Crippen LogP contribution in [-0.2, 0) is 15.6 Å². The summed E-state index contributed by atoms with van der Waals surface area (Å²) in [6.07, 6.45) is 6.66. The number of allylic oxidation sites excluding steroid dienone is 2. The van der Waals surface area contributed by atoms with Crippen LogP contribution in [0.1, 0.15) is 56.2 Å². The summed E-state index contributed by atoms with van der Waals surface area (Å²) >= 11 is 13.9. The van der Waals surface area contributed by atoms with Gasteiger partial charge in [0.25, 0.3) is 0 Å². The number of rotatable bonds is 10. The zero-order chi connectivity index (χ0) is 32.0. The molecule has 0 spiro atoms. The van der Waals surface area contributed by atoms with Crippen LogP contribution in [0, 0.1) is 0 Å². The van der Waals surface area contributed by atoms with Gasteiger partial charge in [-0.15, -0.1) is 0 Å². The van der Waals surface area contributed by atoms with E-state index in [1.54, 1.807) is 0 Å².